The third-order valence-corrected chi connectivity index (χ3v) is 9.57. The molecule has 1 saturated heterocycles. The van der Waals surface area contributed by atoms with Crippen molar-refractivity contribution in [1.29, 1.82) is 0 Å². The number of piperidine rings is 1. The molecule has 2 aliphatic heterocycles. The number of halogens is 5. The quantitative estimate of drug-likeness (QED) is 0.146. The van der Waals surface area contributed by atoms with E-state index < -0.39 is 106 Å². The number of fused-ring (bicyclic) bond motifs is 1. The molecule has 280 valence electrons. The van der Waals surface area contributed by atoms with Gasteiger partial charge in [-0.3, -0.25) is 4.79 Å². The summed E-state index contributed by atoms with van der Waals surface area (Å²) in [4.78, 5) is 18.3. The van der Waals surface area contributed by atoms with Gasteiger partial charge in [0, 0.05) is 64.5 Å². The predicted octanol–water partition coefficient (Wildman–Crippen LogP) is 8.73. The van der Waals surface area contributed by atoms with E-state index in [0.717, 1.165) is 30.3 Å². The second-order valence-electron chi connectivity index (χ2n) is 12.4. The molecule has 4 aromatic rings. The summed E-state index contributed by atoms with van der Waals surface area (Å²) in [6.07, 6.45) is -6.53. The number of methoxy groups -OCH3 is 1. The standard InChI is InChI=1S/C41H42F5N3O3S/c1-27-6-15-36-34(22-27)37(50)23-39(53-26-31-4-3-5-35(42)40(31)43)49(36)25-38(51)48(33-16-18-47(19-17-33)20-21-52-2)24-28-7-9-29(10-8-28)30-11-13-32(14-12-30)41(44,45)46/h3-15,22-23,33,37,50H,16-21,24-26H2,1-2H3/i6D,15D,22D,23D,24D2,25D2,26D2. The Morgan fingerprint density at radius 1 is 1.04 bits per heavy atom. The van der Waals surface area contributed by atoms with Crippen LogP contribution in [0.3, 0.4) is 0 Å². The summed E-state index contributed by atoms with van der Waals surface area (Å²) in [7, 11) is 1.52. The number of carbonyl (C=O) groups is 1. The third-order valence-electron chi connectivity index (χ3n) is 8.76. The van der Waals surface area contributed by atoms with Crippen molar-refractivity contribution in [1.82, 2.24) is 9.80 Å². The number of hydrogen-bond donors (Lipinski definition) is 1. The number of ether oxygens (including phenoxy) is 1. The maximum atomic E-state index is 15.3. The van der Waals surface area contributed by atoms with E-state index in [9.17, 15) is 28.2 Å². The van der Waals surface area contributed by atoms with Crippen molar-refractivity contribution in [2.24, 2.45) is 0 Å². The molecule has 6 nitrogen and oxygen atoms in total. The van der Waals surface area contributed by atoms with Gasteiger partial charge in [0.2, 0.25) is 5.91 Å². The molecule has 0 saturated carbocycles. The van der Waals surface area contributed by atoms with Crippen LogP contribution in [0.25, 0.3) is 11.1 Å². The Morgan fingerprint density at radius 3 is 2.38 bits per heavy atom. The Hall–Kier alpha value is -4.23. The van der Waals surface area contributed by atoms with Crippen LogP contribution < -0.4 is 4.90 Å². The highest BCUT2D eigenvalue weighted by Crippen LogP contribution is 2.41. The van der Waals surface area contributed by atoms with Crippen LogP contribution >= 0.6 is 11.8 Å². The first kappa shape index (κ1) is 27.4. The fourth-order valence-corrected chi connectivity index (χ4v) is 6.68. The Balaban J connectivity index is 1.50. The maximum absolute atomic E-state index is 15.3. The Morgan fingerprint density at radius 2 is 1.72 bits per heavy atom. The number of aliphatic hydroxyl groups excluding tert-OH is 1. The van der Waals surface area contributed by atoms with E-state index in [0.29, 0.717) is 47.2 Å². The summed E-state index contributed by atoms with van der Waals surface area (Å²) in [6.45, 7) is -3.76. The van der Waals surface area contributed by atoms with Gasteiger partial charge in [0.15, 0.2) is 11.6 Å². The number of alkyl halides is 3. The largest absolute Gasteiger partial charge is 0.416 e. The zero-order valence-corrected chi connectivity index (χ0v) is 29.5. The normalized spacial score (nSPS) is 20.5. The van der Waals surface area contributed by atoms with Crippen LogP contribution in [-0.2, 0) is 27.9 Å². The minimum Gasteiger partial charge on any atom is -0.384 e. The highest BCUT2D eigenvalue weighted by Gasteiger charge is 2.33. The van der Waals surface area contributed by atoms with Gasteiger partial charge >= 0.3 is 6.18 Å². The molecule has 2 aliphatic rings. The fraction of sp³-hybridized carbons (Fsp3) is 0.341. The zero-order valence-electron chi connectivity index (χ0n) is 38.7. The lowest BCUT2D eigenvalue weighted by Gasteiger charge is -2.40. The lowest BCUT2D eigenvalue weighted by Crippen LogP contribution is -2.50. The smallest absolute Gasteiger partial charge is 0.384 e. The molecule has 0 aliphatic carbocycles. The van der Waals surface area contributed by atoms with Gasteiger partial charge in [-0.1, -0.05) is 66.2 Å². The number of thioether (sulfide) groups is 1. The van der Waals surface area contributed by atoms with Gasteiger partial charge < -0.3 is 24.5 Å². The monoisotopic (exact) mass is 761 g/mol. The van der Waals surface area contributed by atoms with Gasteiger partial charge in [-0.25, -0.2) is 8.78 Å². The van der Waals surface area contributed by atoms with E-state index in [1.807, 2.05) is 4.90 Å². The van der Waals surface area contributed by atoms with Crippen LogP contribution in [0.4, 0.5) is 27.6 Å². The van der Waals surface area contributed by atoms with Crippen LogP contribution in [0.15, 0.2) is 95.9 Å². The molecule has 1 amide bonds. The number of aliphatic hydroxyl groups is 1. The topological polar surface area (TPSA) is 56.3 Å². The van der Waals surface area contributed by atoms with E-state index in [1.54, 1.807) is 0 Å². The summed E-state index contributed by atoms with van der Waals surface area (Å²) >= 11 is -0.0945. The van der Waals surface area contributed by atoms with Crippen LogP contribution in [0, 0.1) is 18.6 Å². The molecule has 12 heteroatoms. The van der Waals surface area contributed by atoms with Crippen molar-refractivity contribution in [3.8, 4) is 11.1 Å². The van der Waals surface area contributed by atoms with Crippen LogP contribution in [-0.4, -0.2) is 66.7 Å². The highest BCUT2D eigenvalue weighted by atomic mass is 32.2. The van der Waals surface area contributed by atoms with Gasteiger partial charge in [0.25, 0.3) is 0 Å². The number of rotatable bonds is 12. The number of benzene rings is 4. The minimum absolute atomic E-state index is 0.0945. The number of nitrogens with zero attached hydrogens (tertiary/aromatic N) is 3. The fourth-order valence-electron chi connectivity index (χ4n) is 5.92. The zero-order chi connectivity index (χ0) is 46.6. The first-order valence-corrected chi connectivity index (χ1v) is 17.4. The van der Waals surface area contributed by atoms with Gasteiger partial charge in [0.1, 0.15) is 12.6 Å². The molecule has 2 heterocycles. The Kier molecular flexibility index (Phi) is 8.70. The summed E-state index contributed by atoms with van der Waals surface area (Å²) < 4.78 is 166. The lowest BCUT2D eigenvalue weighted by atomic mass is 9.99. The average molecular weight is 762 g/mol. The van der Waals surface area contributed by atoms with Crippen LogP contribution in [0.2, 0.25) is 0 Å². The average Bonchev–Trinajstić information content (AvgIpc) is 3.23. The maximum Gasteiger partial charge on any atom is 0.416 e. The molecule has 53 heavy (non-hydrogen) atoms. The second-order valence-corrected chi connectivity index (χ2v) is 13.2. The first-order chi connectivity index (χ1) is 29.4. The molecular formula is C41H42F5N3O3S. The number of likely N-dealkylation sites (tertiary alicyclic amines) is 1. The van der Waals surface area contributed by atoms with E-state index >= 15 is 9.18 Å². The van der Waals surface area contributed by atoms with Crippen molar-refractivity contribution < 1.29 is 50.3 Å². The van der Waals surface area contributed by atoms with Crippen molar-refractivity contribution in [2.75, 3.05) is 44.7 Å². The summed E-state index contributed by atoms with van der Waals surface area (Å²) in [6, 6.07) is 8.21. The third kappa shape index (κ3) is 9.29. The SMILES string of the molecule is [2H]C1=C(SC([2H])([2H])c2cccc(F)c2F)N(C([2H])([2H])C(=O)N(C2CCN(CCOC)CC2)C([2H])([2H])c2ccc(-c3ccc(C(F)(F)F)cc3)cc2)c2c([2H])c([2H])c(C)c([2H])c2C1O. The number of carbonyl (C=O) groups excluding carboxylic acids is 1. The van der Waals surface area contributed by atoms with Crippen molar-refractivity contribution in [2.45, 2.75) is 50.3 Å². The van der Waals surface area contributed by atoms with E-state index in [2.05, 4.69) is 0 Å². The molecule has 1 fully saturated rings. The molecule has 1 atom stereocenters. The van der Waals surface area contributed by atoms with Gasteiger partial charge in [0.05, 0.1) is 28.2 Å². The summed E-state index contributed by atoms with van der Waals surface area (Å²) in [5, 5.41) is 10.6. The lowest BCUT2D eigenvalue weighted by molar-refractivity contribution is -0.137. The van der Waals surface area contributed by atoms with Crippen molar-refractivity contribution in [3.63, 3.8) is 0 Å². The van der Waals surface area contributed by atoms with E-state index in [1.165, 1.54) is 50.4 Å². The van der Waals surface area contributed by atoms with Crippen molar-refractivity contribution >= 4 is 23.4 Å². The van der Waals surface area contributed by atoms with Crippen LogP contribution in [0.1, 0.15) is 60.5 Å². The molecule has 0 aromatic heterocycles. The first-order valence-electron chi connectivity index (χ1n) is 21.6. The molecule has 6 rings (SSSR count). The van der Waals surface area contributed by atoms with Crippen molar-refractivity contribution in [3.05, 3.63) is 135 Å². The molecule has 0 spiro atoms. The summed E-state index contributed by atoms with van der Waals surface area (Å²) in [5.41, 5.74) is -5.76. The Bertz CT molecular complexity index is 2400. The molecule has 0 bridgehead atoms. The van der Waals surface area contributed by atoms with E-state index in [4.69, 9.17) is 13.0 Å². The second kappa shape index (κ2) is 16.8. The predicted molar refractivity (Wildman–Crippen MR) is 198 cm³/mol. The number of amides is 1. The molecular weight excluding hydrogens is 710 g/mol. The Labute approximate surface area is 324 Å². The molecule has 0 radical (unpaired) electrons. The minimum atomic E-state index is -4.58. The highest BCUT2D eigenvalue weighted by molar-refractivity contribution is 8.02. The summed E-state index contributed by atoms with van der Waals surface area (Å²) in [5.74, 6) is -4.67. The molecule has 1 N–H and O–H groups in total. The van der Waals surface area contributed by atoms with Crippen LogP contribution in [0.5, 0.6) is 0 Å². The van der Waals surface area contributed by atoms with Gasteiger partial charge in [-0.2, -0.15) is 13.2 Å². The van der Waals surface area contributed by atoms with Gasteiger partial charge in [-0.15, -0.1) is 11.8 Å². The molecule has 1 unspecified atom stereocenters. The number of anilines is 1. The van der Waals surface area contributed by atoms with Gasteiger partial charge in [-0.05, 0) is 66.7 Å². The number of hydrogen-bond acceptors (Lipinski definition) is 6. The van der Waals surface area contributed by atoms with E-state index in [-0.39, 0.29) is 35.7 Å². The molecule has 4 aromatic carbocycles.